The predicted octanol–water partition coefficient (Wildman–Crippen LogP) is 8.21. The Morgan fingerprint density at radius 3 is 2.30 bits per heavy atom. The Hall–Kier alpha value is -3.71. The molecule has 0 atom stereocenters. The zero-order chi connectivity index (χ0) is 26.3. The maximum absolute atomic E-state index is 15.6. The van der Waals surface area contributed by atoms with Gasteiger partial charge in [-0.1, -0.05) is 71.2 Å². The molecule has 2 N–H and O–H groups in total. The second-order valence-electron chi connectivity index (χ2n) is 8.09. The summed E-state index contributed by atoms with van der Waals surface area (Å²) in [5, 5.41) is 0.185. The highest BCUT2D eigenvalue weighted by Crippen LogP contribution is 2.41. The van der Waals surface area contributed by atoms with Crippen molar-refractivity contribution in [2.75, 3.05) is 0 Å². The fourth-order valence-corrected chi connectivity index (χ4v) is 4.68. The van der Waals surface area contributed by atoms with Gasteiger partial charge in [0.15, 0.2) is 5.82 Å². The summed E-state index contributed by atoms with van der Waals surface area (Å²) in [5.41, 5.74) is 7.97. The van der Waals surface area contributed by atoms with Crippen LogP contribution in [-0.4, -0.2) is 15.5 Å². The lowest BCUT2D eigenvalue weighted by molar-refractivity contribution is 0.100. The van der Waals surface area contributed by atoms with Gasteiger partial charge in [0.25, 0.3) is 0 Å². The van der Waals surface area contributed by atoms with Gasteiger partial charge >= 0.3 is 0 Å². The number of nitrogens with two attached hydrogens (primary N) is 1. The van der Waals surface area contributed by atoms with Crippen LogP contribution in [0.15, 0.2) is 84.9 Å². The van der Waals surface area contributed by atoms with Crippen molar-refractivity contribution in [3.05, 3.63) is 117 Å². The van der Waals surface area contributed by atoms with Crippen LogP contribution in [0.1, 0.15) is 10.4 Å². The second kappa shape index (κ2) is 9.98. The van der Waals surface area contributed by atoms with Gasteiger partial charge < -0.3 is 5.73 Å². The first-order chi connectivity index (χ1) is 17.8. The number of benzene rings is 4. The number of hydrogen-bond acceptors (Lipinski definition) is 2. The molecule has 0 saturated heterocycles. The van der Waals surface area contributed by atoms with Crippen molar-refractivity contribution in [1.82, 2.24) is 9.55 Å². The molecule has 0 unspecified atom stereocenters. The van der Waals surface area contributed by atoms with E-state index in [0.717, 1.165) is 0 Å². The highest BCUT2D eigenvalue weighted by Gasteiger charge is 2.27. The van der Waals surface area contributed by atoms with E-state index in [9.17, 15) is 9.18 Å². The molecule has 0 fully saturated rings. The quantitative estimate of drug-likeness (QED) is 0.238. The molecule has 37 heavy (non-hydrogen) atoms. The van der Waals surface area contributed by atoms with Gasteiger partial charge in [-0.2, -0.15) is 0 Å². The van der Waals surface area contributed by atoms with Gasteiger partial charge in [0, 0.05) is 27.3 Å². The van der Waals surface area contributed by atoms with E-state index in [1.165, 1.54) is 30.3 Å². The fourth-order valence-electron chi connectivity index (χ4n) is 4.14. The highest BCUT2D eigenvalue weighted by atomic mass is 35.5. The second-order valence-corrected chi connectivity index (χ2v) is 9.34. The van der Waals surface area contributed by atoms with E-state index in [-0.39, 0.29) is 21.3 Å². The van der Waals surface area contributed by atoms with Crippen LogP contribution < -0.4 is 5.73 Å². The van der Waals surface area contributed by atoms with Crippen LogP contribution in [0.2, 0.25) is 15.1 Å². The molecule has 0 saturated carbocycles. The number of carbonyl (C=O) groups excluding carboxylic acids is 1. The Morgan fingerprint density at radius 2 is 1.57 bits per heavy atom. The number of imidazole rings is 1. The zero-order valence-corrected chi connectivity index (χ0v) is 21.1. The molecule has 0 aliphatic rings. The van der Waals surface area contributed by atoms with E-state index < -0.39 is 17.5 Å². The molecule has 1 amide bonds. The fraction of sp³-hybridized carbons (Fsp3) is 0. The van der Waals surface area contributed by atoms with E-state index in [2.05, 4.69) is 0 Å². The molecule has 5 rings (SSSR count). The summed E-state index contributed by atoms with van der Waals surface area (Å²) in [6, 6.07) is 22.2. The summed E-state index contributed by atoms with van der Waals surface area (Å²) >= 11 is 18.6. The molecular weight excluding hydrogens is 539 g/mol. The standard InChI is InChI=1S/C28H16Cl3F2N3O/c29-17-6-3-5-16(13-17)28-35-25(18-7-1-2-8-19(18)27(34)37)26(15-11-12-22(32)21(31)14-15)36(28)23-10-4-9-20(30)24(23)33/h1-14H,(H2,34,37). The van der Waals surface area contributed by atoms with Gasteiger partial charge in [0.2, 0.25) is 5.91 Å². The molecular formula is C28H16Cl3F2N3O. The predicted molar refractivity (Wildman–Crippen MR) is 143 cm³/mol. The third-order valence-electron chi connectivity index (χ3n) is 5.77. The van der Waals surface area contributed by atoms with E-state index in [0.29, 0.717) is 38.9 Å². The van der Waals surface area contributed by atoms with Crippen molar-refractivity contribution < 1.29 is 13.6 Å². The number of rotatable bonds is 5. The number of carbonyl (C=O) groups is 1. The molecule has 1 aromatic heterocycles. The van der Waals surface area contributed by atoms with Gasteiger partial charge in [-0.15, -0.1) is 0 Å². The van der Waals surface area contributed by atoms with Crippen LogP contribution in [0.5, 0.6) is 0 Å². The highest BCUT2D eigenvalue weighted by molar-refractivity contribution is 6.31. The van der Waals surface area contributed by atoms with Gasteiger partial charge in [-0.3, -0.25) is 9.36 Å². The summed E-state index contributed by atoms with van der Waals surface area (Å²) in [6.07, 6.45) is 0. The lowest BCUT2D eigenvalue weighted by Crippen LogP contribution is -2.12. The number of halogens is 5. The van der Waals surface area contributed by atoms with Gasteiger partial charge in [-0.25, -0.2) is 13.8 Å². The first-order valence-electron chi connectivity index (χ1n) is 10.9. The smallest absolute Gasteiger partial charge is 0.249 e. The first kappa shape index (κ1) is 25.0. The molecule has 4 aromatic carbocycles. The van der Waals surface area contributed by atoms with Gasteiger partial charge in [0.05, 0.1) is 27.1 Å². The van der Waals surface area contributed by atoms with Crippen LogP contribution >= 0.6 is 34.8 Å². The minimum Gasteiger partial charge on any atom is -0.366 e. The molecule has 0 radical (unpaired) electrons. The number of hydrogen-bond donors (Lipinski definition) is 1. The van der Waals surface area contributed by atoms with Crippen molar-refractivity contribution >= 4 is 40.7 Å². The summed E-state index contributed by atoms with van der Waals surface area (Å²) in [5.74, 6) is -1.70. The summed E-state index contributed by atoms with van der Waals surface area (Å²) in [7, 11) is 0. The first-order valence-corrected chi connectivity index (χ1v) is 12.1. The normalized spacial score (nSPS) is 11.1. The van der Waals surface area contributed by atoms with E-state index in [1.54, 1.807) is 59.2 Å². The van der Waals surface area contributed by atoms with Gasteiger partial charge in [0.1, 0.15) is 11.6 Å². The van der Waals surface area contributed by atoms with E-state index in [1.807, 2.05) is 0 Å². The van der Waals surface area contributed by atoms with Crippen LogP contribution in [-0.2, 0) is 0 Å². The van der Waals surface area contributed by atoms with Crippen molar-refractivity contribution in [1.29, 1.82) is 0 Å². The molecule has 184 valence electrons. The topological polar surface area (TPSA) is 60.9 Å². The number of amides is 1. The Bertz CT molecular complexity index is 1680. The van der Waals surface area contributed by atoms with Crippen molar-refractivity contribution in [3.8, 4) is 39.6 Å². The number of primary amides is 1. The third kappa shape index (κ3) is 4.60. The lowest BCUT2D eigenvalue weighted by Gasteiger charge is -2.16. The molecule has 5 aromatic rings. The summed E-state index contributed by atoms with van der Waals surface area (Å²) in [4.78, 5) is 17.2. The molecule has 0 aliphatic carbocycles. The average Bonchev–Trinajstić information content (AvgIpc) is 3.27. The largest absolute Gasteiger partial charge is 0.366 e. The van der Waals surface area contributed by atoms with Crippen molar-refractivity contribution in [2.24, 2.45) is 5.73 Å². The molecule has 1 heterocycles. The Labute approximate surface area is 225 Å². The Balaban J connectivity index is 1.98. The zero-order valence-electron chi connectivity index (χ0n) is 18.9. The van der Waals surface area contributed by atoms with Crippen LogP contribution in [0.3, 0.4) is 0 Å². The molecule has 4 nitrogen and oxygen atoms in total. The SMILES string of the molecule is NC(=O)c1ccccc1-c1nc(-c2cccc(Cl)c2)n(-c2cccc(Cl)c2F)c1-c1ccc(F)c(Cl)c1. The minimum atomic E-state index is -0.700. The van der Waals surface area contributed by atoms with Crippen LogP contribution in [0.25, 0.3) is 39.6 Å². The van der Waals surface area contributed by atoms with Gasteiger partial charge in [-0.05, 0) is 48.5 Å². The van der Waals surface area contributed by atoms with Crippen LogP contribution in [0, 0.1) is 11.6 Å². The average molecular weight is 555 g/mol. The molecule has 0 spiro atoms. The number of nitrogens with zero attached hydrogens (tertiary/aromatic N) is 2. The van der Waals surface area contributed by atoms with E-state index in [4.69, 9.17) is 45.5 Å². The van der Waals surface area contributed by atoms with Crippen molar-refractivity contribution in [2.45, 2.75) is 0 Å². The monoisotopic (exact) mass is 553 g/mol. The number of aromatic nitrogens is 2. The summed E-state index contributed by atoms with van der Waals surface area (Å²) < 4.78 is 31.3. The van der Waals surface area contributed by atoms with Crippen LogP contribution in [0.4, 0.5) is 8.78 Å². The molecule has 0 bridgehead atoms. The Morgan fingerprint density at radius 1 is 0.811 bits per heavy atom. The van der Waals surface area contributed by atoms with E-state index >= 15 is 4.39 Å². The lowest BCUT2D eigenvalue weighted by atomic mass is 9.99. The molecule has 9 heteroatoms. The maximum atomic E-state index is 15.6. The minimum absolute atomic E-state index is 0.0771. The summed E-state index contributed by atoms with van der Waals surface area (Å²) in [6.45, 7) is 0. The van der Waals surface area contributed by atoms with Crippen molar-refractivity contribution in [3.63, 3.8) is 0 Å². The Kier molecular flexibility index (Phi) is 6.73. The third-order valence-corrected chi connectivity index (χ3v) is 6.59. The maximum Gasteiger partial charge on any atom is 0.249 e. The molecule has 0 aliphatic heterocycles.